The van der Waals surface area contributed by atoms with Crippen molar-refractivity contribution in [2.45, 2.75) is 71.7 Å². The van der Waals surface area contributed by atoms with Gasteiger partial charge < -0.3 is 51.0 Å². The topological polar surface area (TPSA) is 210 Å². The molecular formula is C25H45N3O10. The molecule has 220 valence electrons. The maximum Gasteiger partial charge on any atom is 0.333 e. The molecule has 2 rings (SSSR count). The van der Waals surface area contributed by atoms with Crippen molar-refractivity contribution in [3.05, 3.63) is 23.8 Å². The van der Waals surface area contributed by atoms with E-state index in [1.807, 2.05) is 13.8 Å². The van der Waals surface area contributed by atoms with E-state index >= 15 is 0 Å². The number of aliphatic hydroxyl groups excluding tert-OH is 3. The lowest BCUT2D eigenvalue weighted by Crippen LogP contribution is -2.46. The van der Waals surface area contributed by atoms with Crippen molar-refractivity contribution < 1.29 is 49.0 Å². The highest BCUT2D eigenvalue weighted by Gasteiger charge is 2.34. The van der Waals surface area contributed by atoms with E-state index < -0.39 is 42.3 Å². The molecular weight excluding hydrogens is 502 g/mol. The number of carboxylic acid groups (broad SMARTS) is 1. The van der Waals surface area contributed by atoms with Gasteiger partial charge in [0, 0.05) is 34.2 Å². The Hall–Kier alpha value is -2.81. The minimum atomic E-state index is -1.20. The standard InChI is InChI=1S/C21H31N3O8.C2H6.2CH4O/c1-11(2)19(22)20(27)23-9-17(26)24-14-5-4-12(10-30-3)6-15(14)31-18-8-13(25)7-16(32-18)21(28)29;3*1-2/h4-6,11,13,16,18-19,25H,7-10,22H2,1-3H3,(H,23,27)(H,24,26)(H,28,29);1-2H3;2*2H,1H3. The van der Waals surface area contributed by atoms with Crippen molar-refractivity contribution in [2.24, 2.45) is 11.7 Å². The van der Waals surface area contributed by atoms with Crippen LogP contribution in [0, 0.1) is 5.92 Å². The van der Waals surface area contributed by atoms with E-state index in [-0.39, 0.29) is 43.3 Å². The average molecular weight is 548 g/mol. The molecule has 1 aliphatic heterocycles. The third-order valence-corrected chi connectivity index (χ3v) is 4.88. The molecule has 0 aromatic heterocycles. The zero-order valence-electron chi connectivity index (χ0n) is 23.3. The van der Waals surface area contributed by atoms with Gasteiger partial charge >= 0.3 is 5.97 Å². The highest BCUT2D eigenvalue weighted by molar-refractivity contribution is 5.96. The Bertz CT molecular complexity index is 823. The van der Waals surface area contributed by atoms with Gasteiger partial charge in [-0.1, -0.05) is 33.8 Å². The predicted molar refractivity (Wildman–Crippen MR) is 141 cm³/mol. The van der Waals surface area contributed by atoms with Crippen LogP contribution in [-0.2, 0) is 30.5 Å². The fraction of sp³-hybridized carbons (Fsp3) is 0.640. The highest BCUT2D eigenvalue weighted by Crippen LogP contribution is 2.30. The molecule has 0 saturated carbocycles. The number of aliphatic hydroxyl groups is 3. The van der Waals surface area contributed by atoms with E-state index in [2.05, 4.69) is 10.6 Å². The van der Waals surface area contributed by atoms with Crippen LogP contribution in [-0.4, -0.2) is 90.6 Å². The number of rotatable bonds is 10. The molecule has 13 nitrogen and oxygen atoms in total. The van der Waals surface area contributed by atoms with E-state index in [1.54, 1.807) is 32.0 Å². The fourth-order valence-corrected chi connectivity index (χ4v) is 3.04. The number of benzene rings is 1. The van der Waals surface area contributed by atoms with Gasteiger partial charge in [-0.05, 0) is 23.6 Å². The zero-order valence-corrected chi connectivity index (χ0v) is 23.3. The Morgan fingerprint density at radius 2 is 1.74 bits per heavy atom. The van der Waals surface area contributed by atoms with Crippen molar-refractivity contribution in [1.29, 1.82) is 0 Å². The van der Waals surface area contributed by atoms with Crippen LogP contribution < -0.4 is 21.1 Å². The van der Waals surface area contributed by atoms with E-state index in [0.29, 0.717) is 0 Å². The summed E-state index contributed by atoms with van der Waals surface area (Å²) in [6, 6.07) is 4.20. The first-order valence-electron chi connectivity index (χ1n) is 12.2. The maximum atomic E-state index is 12.4. The van der Waals surface area contributed by atoms with Gasteiger partial charge in [-0.3, -0.25) is 9.59 Å². The fourth-order valence-electron chi connectivity index (χ4n) is 3.04. The number of nitrogens with one attached hydrogen (secondary N) is 2. The Balaban J connectivity index is 0. The number of amides is 2. The van der Waals surface area contributed by atoms with Crippen LogP contribution >= 0.6 is 0 Å². The van der Waals surface area contributed by atoms with Crippen molar-refractivity contribution in [3.63, 3.8) is 0 Å². The number of carbonyl (C=O) groups excluding carboxylic acids is 2. The molecule has 1 heterocycles. The minimum absolute atomic E-state index is 0.0410. The molecule has 4 atom stereocenters. The highest BCUT2D eigenvalue weighted by atomic mass is 16.7. The Labute approximate surface area is 224 Å². The van der Waals surface area contributed by atoms with Gasteiger partial charge in [0.25, 0.3) is 0 Å². The maximum absolute atomic E-state index is 12.4. The van der Waals surface area contributed by atoms with Gasteiger partial charge in [0.1, 0.15) is 5.75 Å². The summed E-state index contributed by atoms with van der Waals surface area (Å²) in [4.78, 5) is 35.6. The van der Waals surface area contributed by atoms with Gasteiger partial charge in [-0.25, -0.2) is 4.79 Å². The summed E-state index contributed by atoms with van der Waals surface area (Å²) in [5.74, 6) is -2.01. The van der Waals surface area contributed by atoms with E-state index in [4.69, 9.17) is 30.2 Å². The van der Waals surface area contributed by atoms with Crippen molar-refractivity contribution in [2.75, 3.05) is 33.2 Å². The first-order chi connectivity index (χ1) is 18.1. The normalized spacial score (nSPS) is 18.7. The van der Waals surface area contributed by atoms with Crippen LogP contribution in [0.4, 0.5) is 5.69 Å². The number of hydrogen-bond acceptors (Lipinski definition) is 10. The molecule has 1 aromatic carbocycles. The number of aliphatic carboxylic acids is 1. The molecule has 1 aromatic rings. The second-order valence-corrected chi connectivity index (χ2v) is 7.93. The summed E-state index contributed by atoms with van der Waals surface area (Å²) >= 11 is 0. The number of nitrogens with two attached hydrogens (primary N) is 1. The zero-order chi connectivity index (χ0) is 29.8. The summed E-state index contributed by atoms with van der Waals surface area (Å²) in [6.45, 7) is 7.58. The molecule has 1 fully saturated rings. The van der Waals surface area contributed by atoms with Gasteiger partial charge in [0.05, 0.1) is 31.0 Å². The lowest BCUT2D eigenvalue weighted by molar-refractivity contribution is -0.195. The first-order valence-corrected chi connectivity index (χ1v) is 12.2. The third kappa shape index (κ3) is 13.7. The van der Waals surface area contributed by atoms with Crippen molar-refractivity contribution in [3.8, 4) is 5.75 Å². The number of carboxylic acids is 1. The predicted octanol–water partition coefficient (Wildman–Crippen LogP) is 0.444. The second kappa shape index (κ2) is 21.2. The average Bonchev–Trinajstić information content (AvgIpc) is 2.91. The Kier molecular flexibility index (Phi) is 20.8. The monoisotopic (exact) mass is 547 g/mol. The van der Waals surface area contributed by atoms with Crippen LogP contribution in [0.15, 0.2) is 18.2 Å². The summed E-state index contributed by atoms with van der Waals surface area (Å²) in [5, 5.41) is 38.3. The third-order valence-electron chi connectivity index (χ3n) is 4.88. The number of hydrogen-bond donors (Lipinski definition) is 7. The van der Waals surface area contributed by atoms with E-state index in [1.165, 1.54) is 7.11 Å². The SMILES string of the molecule is CC.CO.CO.COCc1ccc(NC(=O)CNC(=O)C(N)C(C)C)c(OC2CC(O)CC(C(=O)O)O2)c1. The molecule has 38 heavy (non-hydrogen) atoms. The van der Waals surface area contributed by atoms with Gasteiger partial charge in [-0.2, -0.15) is 0 Å². The quantitative estimate of drug-likeness (QED) is 0.214. The summed E-state index contributed by atoms with van der Waals surface area (Å²) in [7, 11) is 3.53. The number of carbonyl (C=O) groups is 3. The molecule has 2 amide bonds. The molecule has 13 heteroatoms. The Morgan fingerprint density at radius 3 is 2.26 bits per heavy atom. The lowest BCUT2D eigenvalue weighted by atomic mass is 10.1. The lowest BCUT2D eigenvalue weighted by Gasteiger charge is -2.31. The van der Waals surface area contributed by atoms with E-state index in [9.17, 15) is 24.6 Å². The van der Waals surface area contributed by atoms with Crippen molar-refractivity contribution >= 4 is 23.5 Å². The second-order valence-electron chi connectivity index (χ2n) is 7.93. The molecule has 1 saturated heterocycles. The van der Waals surface area contributed by atoms with Gasteiger partial charge in [-0.15, -0.1) is 0 Å². The van der Waals surface area contributed by atoms with Crippen LogP contribution in [0.1, 0.15) is 46.1 Å². The van der Waals surface area contributed by atoms with Gasteiger partial charge in [0.15, 0.2) is 6.10 Å². The van der Waals surface area contributed by atoms with E-state index in [0.717, 1.165) is 19.8 Å². The van der Waals surface area contributed by atoms with Crippen LogP contribution in [0.3, 0.4) is 0 Å². The van der Waals surface area contributed by atoms with Crippen LogP contribution in [0.2, 0.25) is 0 Å². The smallest absolute Gasteiger partial charge is 0.333 e. The Morgan fingerprint density at radius 1 is 1.13 bits per heavy atom. The largest absolute Gasteiger partial charge is 0.479 e. The summed E-state index contributed by atoms with van der Waals surface area (Å²) in [5.41, 5.74) is 6.79. The van der Waals surface area contributed by atoms with Crippen LogP contribution in [0.25, 0.3) is 0 Å². The molecule has 0 radical (unpaired) electrons. The van der Waals surface area contributed by atoms with Crippen LogP contribution in [0.5, 0.6) is 5.75 Å². The number of methoxy groups -OCH3 is 1. The molecule has 8 N–H and O–H groups in total. The van der Waals surface area contributed by atoms with Crippen molar-refractivity contribution in [1.82, 2.24) is 5.32 Å². The molecule has 0 bridgehead atoms. The molecule has 0 spiro atoms. The molecule has 0 aliphatic carbocycles. The molecule has 1 aliphatic rings. The molecule has 4 unspecified atom stereocenters. The van der Waals surface area contributed by atoms with Gasteiger partial charge in [0.2, 0.25) is 18.1 Å². The summed E-state index contributed by atoms with van der Waals surface area (Å²) in [6.07, 6.45) is -3.12. The number of anilines is 1. The minimum Gasteiger partial charge on any atom is -0.479 e. The summed E-state index contributed by atoms with van der Waals surface area (Å²) < 4.78 is 16.3. The number of ether oxygens (including phenoxy) is 3. The first kappa shape index (κ1) is 37.3.